The zero-order chi connectivity index (χ0) is 20.1. The van der Waals surface area contributed by atoms with E-state index in [4.69, 9.17) is 28.4 Å². The van der Waals surface area contributed by atoms with Gasteiger partial charge in [-0.15, -0.1) is 10.2 Å². The van der Waals surface area contributed by atoms with Gasteiger partial charge in [0.05, 0.1) is 12.7 Å². The van der Waals surface area contributed by atoms with Gasteiger partial charge >= 0.3 is 15.3 Å². The van der Waals surface area contributed by atoms with Gasteiger partial charge in [-0.05, 0) is 47.2 Å². The van der Waals surface area contributed by atoms with Crippen LogP contribution in [-0.2, 0) is 0 Å². The van der Waals surface area contributed by atoms with E-state index >= 15 is 0 Å². The maximum atomic E-state index is 8.49. The van der Waals surface area contributed by atoms with Crippen molar-refractivity contribution >= 4 is 31.5 Å². The predicted octanol–water partition coefficient (Wildman–Crippen LogP) is 1.23. The Morgan fingerprint density at radius 3 is 2.11 bits per heavy atom. The number of nitrogens with zero attached hydrogens (tertiary/aromatic N) is 1. The first-order chi connectivity index (χ1) is 13.3. The highest BCUT2D eigenvalue weighted by Crippen LogP contribution is 2.35. The first kappa shape index (κ1) is 20.6. The van der Waals surface area contributed by atoms with E-state index in [2.05, 4.69) is 54.6 Å². The normalized spacial score (nSPS) is 11.0. The van der Waals surface area contributed by atoms with Crippen LogP contribution in [0.5, 0.6) is 5.75 Å². The summed E-state index contributed by atoms with van der Waals surface area (Å²) in [5, 5.41) is 4.61. The van der Waals surface area contributed by atoms with E-state index in [1.807, 2.05) is 12.1 Å². The molecule has 0 saturated heterocycles. The molecule has 0 spiro atoms. The number of ether oxygens (including phenoxy) is 1. The lowest BCUT2D eigenvalue weighted by Gasteiger charge is -2.17. The van der Waals surface area contributed by atoms with Gasteiger partial charge in [-0.2, -0.15) is 4.98 Å². The molecule has 0 N–H and O–H groups in total. The lowest BCUT2D eigenvalue weighted by molar-refractivity contribution is -2.00. The van der Waals surface area contributed by atoms with Crippen LogP contribution < -0.4 is 23.4 Å². The minimum Gasteiger partial charge on any atom is -0.497 e. The van der Waals surface area contributed by atoms with Crippen molar-refractivity contribution < 1.29 is 33.6 Å². The second kappa shape index (κ2) is 8.89. The molecule has 0 bridgehead atoms. The second-order valence-corrected chi connectivity index (χ2v) is 8.42. The Balaban J connectivity index is 0.000000403. The van der Waals surface area contributed by atoms with Crippen molar-refractivity contribution in [3.8, 4) is 26.9 Å². The Morgan fingerprint density at radius 2 is 1.46 bits per heavy atom. The zero-order valence-electron chi connectivity index (χ0n) is 14.5. The monoisotopic (exact) mass is 435 g/mol. The van der Waals surface area contributed by atoms with Gasteiger partial charge < -0.3 is 4.74 Å². The molecule has 0 aliphatic rings. The lowest BCUT2D eigenvalue weighted by Crippen LogP contribution is -2.68. The summed E-state index contributed by atoms with van der Waals surface area (Å²) in [4.78, 5) is 4.81. The number of methoxy groups -OCH3 is 1. The third-order valence-corrected chi connectivity index (χ3v) is 5.99. The summed E-state index contributed by atoms with van der Waals surface area (Å²) < 4.78 is 39.2. The summed E-state index contributed by atoms with van der Waals surface area (Å²) in [5.41, 5.74) is 2.30. The minimum absolute atomic E-state index is 0.865. The average Bonchev–Trinajstić information content (AvgIpc) is 3.16. The summed E-state index contributed by atoms with van der Waals surface area (Å²) in [6, 6.07) is 23.0. The summed E-state index contributed by atoms with van der Waals surface area (Å²) in [5.74, 6) is 0.865. The number of benzene rings is 3. The second-order valence-electron chi connectivity index (χ2n) is 5.56. The molecule has 4 aromatic rings. The molecule has 0 atom stereocenters. The molecular weight excluding hydrogens is 422 g/mol. The van der Waals surface area contributed by atoms with Gasteiger partial charge in [0, 0.05) is 5.56 Å². The van der Waals surface area contributed by atoms with Gasteiger partial charge in [-0.1, -0.05) is 30.3 Å². The number of hydrogen-bond acceptors (Lipinski definition) is 7. The van der Waals surface area contributed by atoms with Gasteiger partial charge in [0.25, 0.3) is 0 Å². The van der Waals surface area contributed by atoms with Crippen LogP contribution in [0.2, 0.25) is 0 Å². The average molecular weight is 436 g/mol. The number of aromatic nitrogens is 1. The van der Waals surface area contributed by atoms with E-state index in [-0.39, 0.29) is 0 Å². The van der Waals surface area contributed by atoms with Crippen molar-refractivity contribution in [3.63, 3.8) is 0 Å². The fourth-order valence-corrected chi connectivity index (χ4v) is 4.69. The van der Waals surface area contributed by atoms with Crippen molar-refractivity contribution in [2.75, 3.05) is 7.11 Å². The third-order valence-electron chi connectivity index (χ3n) is 3.74. The maximum Gasteiger partial charge on any atom is 0.348 e. The topological polar surface area (TPSA) is 114 Å². The zero-order valence-corrected chi connectivity index (χ0v) is 16.9. The summed E-state index contributed by atoms with van der Waals surface area (Å²) in [6.45, 7) is 0. The van der Waals surface area contributed by atoms with Crippen LogP contribution >= 0.6 is 20.7 Å². The van der Waals surface area contributed by atoms with Gasteiger partial charge in [0.15, 0.2) is 15.3 Å². The van der Waals surface area contributed by atoms with E-state index in [1.54, 1.807) is 27.8 Å². The van der Waals surface area contributed by atoms with Crippen molar-refractivity contribution in [2.45, 2.75) is 0 Å². The SMILES string of the molecule is COc1ccc(-c2nc(-c3ccc4ccccc4c3)[s+]s2)cc1.[O-][Cl+3]([O-])([O-])[O-]. The molecule has 0 radical (unpaired) electrons. The first-order valence-electron chi connectivity index (χ1n) is 7.89. The fraction of sp³-hybridized carbons (Fsp3) is 0.0526. The smallest absolute Gasteiger partial charge is 0.348 e. The Labute approximate surface area is 170 Å². The van der Waals surface area contributed by atoms with E-state index in [9.17, 15) is 0 Å². The fourth-order valence-electron chi connectivity index (χ4n) is 2.49. The quantitative estimate of drug-likeness (QED) is 0.353. The molecule has 0 unspecified atom stereocenters. The molecule has 1 aromatic heterocycles. The van der Waals surface area contributed by atoms with Crippen LogP contribution in [0.4, 0.5) is 0 Å². The van der Waals surface area contributed by atoms with Gasteiger partial charge in [0.2, 0.25) is 0 Å². The number of fused-ring (bicyclic) bond motifs is 1. The van der Waals surface area contributed by atoms with Crippen molar-refractivity contribution in [1.82, 2.24) is 4.98 Å². The third kappa shape index (κ3) is 5.66. The lowest BCUT2D eigenvalue weighted by atomic mass is 10.1. The van der Waals surface area contributed by atoms with Crippen LogP contribution in [0.25, 0.3) is 31.9 Å². The van der Waals surface area contributed by atoms with E-state index < -0.39 is 10.2 Å². The molecule has 0 fully saturated rings. The molecule has 3 aromatic carbocycles. The molecule has 0 aliphatic carbocycles. The largest absolute Gasteiger partial charge is 0.497 e. The van der Waals surface area contributed by atoms with Crippen molar-refractivity contribution in [3.05, 3.63) is 66.7 Å². The van der Waals surface area contributed by atoms with Gasteiger partial charge in [0.1, 0.15) is 5.75 Å². The van der Waals surface area contributed by atoms with Gasteiger partial charge in [-0.25, -0.2) is 18.6 Å². The standard InChI is InChI=1S/C19H14NOS2.ClHO4/c1-21-17-10-8-14(9-11-17)18-20-19(23-22-18)16-7-6-13-4-2-3-5-15(13)12-16;2-1(3,4)5/h2-12H,1H3;(H,2,3,4,5)/q+1;/p-1. The minimum atomic E-state index is -4.94. The predicted molar refractivity (Wildman–Crippen MR) is 99.3 cm³/mol. The molecule has 9 heteroatoms. The van der Waals surface area contributed by atoms with E-state index in [0.29, 0.717) is 0 Å². The number of halogens is 1. The highest BCUT2D eigenvalue weighted by Gasteiger charge is 2.19. The molecule has 6 nitrogen and oxygen atoms in total. The van der Waals surface area contributed by atoms with Crippen LogP contribution in [0.3, 0.4) is 0 Å². The summed E-state index contributed by atoms with van der Waals surface area (Å²) in [6.07, 6.45) is 0. The number of rotatable bonds is 3. The number of hydrogen-bond donors (Lipinski definition) is 0. The molecule has 1 heterocycles. The van der Waals surface area contributed by atoms with Crippen molar-refractivity contribution in [2.24, 2.45) is 0 Å². The van der Waals surface area contributed by atoms with Crippen LogP contribution in [0.15, 0.2) is 66.7 Å². The molecular formula is C19H14ClNO5S2. The Kier molecular flexibility index (Phi) is 6.53. The van der Waals surface area contributed by atoms with E-state index in [0.717, 1.165) is 21.3 Å². The summed E-state index contributed by atoms with van der Waals surface area (Å²) in [7, 11) is 0.156. The highest BCUT2D eigenvalue weighted by atomic mass is 35.7. The van der Waals surface area contributed by atoms with Crippen LogP contribution in [0.1, 0.15) is 0 Å². The molecule has 0 amide bonds. The maximum absolute atomic E-state index is 8.49. The van der Waals surface area contributed by atoms with E-state index in [1.165, 1.54) is 16.3 Å². The highest BCUT2D eigenvalue weighted by molar-refractivity contribution is 7.71. The Hall–Kier alpha value is -2.17. The molecule has 0 aliphatic heterocycles. The first-order valence-corrected chi connectivity index (χ1v) is 11.3. The molecule has 28 heavy (non-hydrogen) atoms. The van der Waals surface area contributed by atoms with Crippen LogP contribution in [-0.4, -0.2) is 12.1 Å². The summed E-state index contributed by atoms with van der Waals surface area (Å²) >= 11 is 0. The van der Waals surface area contributed by atoms with Crippen molar-refractivity contribution in [1.29, 1.82) is 0 Å². The van der Waals surface area contributed by atoms with Gasteiger partial charge in [-0.3, -0.25) is 0 Å². The molecule has 4 rings (SSSR count). The molecule has 0 saturated carbocycles. The molecule has 144 valence electrons. The van der Waals surface area contributed by atoms with Crippen LogP contribution in [0, 0.1) is 10.2 Å². The Bertz CT molecular complexity index is 1060. The Morgan fingerprint density at radius 1 is 0.857 bits per heavy atom.